The van der Waals surface area contributed by atoms with Crippen molar-refractivity contribution in [2.75, 3.05) is 33.5 Å². The van der Waals surface area contributed by atoms with E-state index < -0.39 is 12.0 Å². The first-order valence-corrected chi connectivity index (χ1v) is 11.8. The highest BCUT2D eigenvalue weighted by atomic mass is 32.1. The van der Waals surface area contributed by atoms with E-state index in [1.54, 1.807) is 0 Å². The van der Waals surface area contributed by atoms with Crippen molar-refractivity contribution < 1.29 is 14.3 Å². The minimum Gasteiger partial charge on any atom is -0.467 e. The Morgan fingerprint density at radius 2 is 1.32 bits per heavy atom. The van der Waals surface area contributed by atoms with Gasteiger partial charge in [0.05, 0.1) is 7.11 Å². The van der Waals surface area contributed by atoms with Crippen molar-refractivity contribution in [3.05, 3.63) is 0 Å². The molecule has 0 spiro atoms. The molecule has 0 aliphatic rings. The predicted molar refractivity (Wildman–Crippen MR) is 121 cm³/mol. The zero-order valence-electron chi connectivity index (χ0n) is 18.5. The van der Waals surface area contributed by atoms with Crippen LogP contribution in [0.5, 0.6) is 0 Å². The van der Waals surface area contributed by atoms with Gasteiger partial charge < -0.3 is 15.0 Å². The fourth-order valence-electron chi connectivity index (χ4n) is 3.27. The highest BCUT2D eigenvalue weighted by Gasteiger charge is 2.20. The number of carbonyl (C=O) groups is 2. The standard InChI is InChI=1S/C22H44N2O3S/c1-24(2)18-15-13-11-9-7-5-4-6-8-10-12-14-16-21(25)23-20(17-19-28)22(26)27-3/h20,28H,4-19H2,1-3H3,(H,23,25). The van der Waals surface area contributed by atoms with Crippen molar-refractivity contribution >= 4 is 24.5 Å². The van der Waals surface area contributed by atoms with Gasteiger partial charge in [0.2, 0.25) is 5.91 Å². The third-order valence-corrected chi connectivity index (χ3v) is 5.26. The number of carbonyl (C=O) groups excluding carboxylic acids is 2. The Labute approximate surface area is 178 Å². The van der Waals surface area contributed by atoms with E-state index in [9.17, 15) is 9.59 Å². The zero-order chi connectivity index (χ0) is 21.0. The highest BCUT2D eigenvalue weighted by molar-refractivity contribution is 7.80. The number of ether oxygens (including phenoxy) is 1. The largest absolute Gasteiger partial charge is 0.467 e. The van der Waals surface area contributed by atoms with Crippen LogP contribution in [0.25, 0.3) is 0 Å². The van der Waals surface area contributed by atoms with E-state index in [1.807, 2.05) is 0 Å². The Balaban J connectivity index is 3.42. The minimum absolute atomic E-state index is 0.0669. The lowest BCUT2D eigenvalue weighted by atomic mass is 10.0. The summed E-state index contributed by atoms with van der Waals surface area (Å²) >= 11 is 4.12. The molecule has 0 aromatic carbocycles. The average Bonchev–Trinajstić information content (AvgIpc) is 2.67. The molecular formula is C22H44N2O3S. The summed E-state index contributed by atoms with van der Waals surface area (Å²) in [4.78, 5) is 25.8. The number of thiol groups is 1. The van der Waals surface area contributed by atoms with E-state index in [1.165, 1.54) is 77.9 Å². The molecule has 0 heterocycles. The summed E-state index contributed by atoms with van der Waals surface area (Å²) in [5.74, 6) is 0.0787. The second-order valence-corrected chi connectivity index (χ2v) is 8.40. The van der Waals surface area contributed by atoms with Crippen LogP contribution in [-0.2, 0) is 14.3 Å². The molecule has 0 saturated carbocycles. The number of nitrogens with one attached hydrogen (secondary N) is 1. The van der Waals surface area contributed by atoms with Gasteiger partial charge in [-0.25, -0.2) is 4.79 Å². The molecule has 28 heavy (non-hydrogen) atoms. The molecule has 0 radical (unpaired) electrons. The molecular weight excluding hydrogens is 372 g/mol. The lowest BCUT2D eigenvalue weighted by Crippen LogP contribution is -2.41. The number of methoxy groups -OCH3 is 1. The highest BCUT2D eigenvalue weighted by Crippen LogP contribution is 2.12. The minimum atomic E-state index is -0.567. The number of amides is 1. The maximum atomic E-state index is 11.9. The van der Waals surface area contributed by atoms with Crippen LogP contribution < -0.4 is 5.32 Å². The van der Waals surface area contributed by atoms with Gasteiger partial charge in [-0.05, 0) is 45.7 Å². The fourth-order valence-corrected chi connectivity index (χ4v) is 3.53. The first kappa shape index (κ1) is 27.2. The molecule has 1 N–H and O–H groups in total. The summed E-state index contributed by atoms with van der Waals surface area (Å²) in [7, 11) is 5.62. The first-order valence-electron chi connectivity index (χ1n) is 11.1. The Hall–Kier alpha value is -0.750. The molecule has 0 aliphatic carbocycles. The summed E-state index contributed by atoms with van der Waals surface area (Å²) in [6, 6.07) is -0.567. The number of unbranched alkanes of at least 4 members (excludes halogenated alkanes) is 11. The van der Waals surface area contributed by atoms with Gasteiger partial charge >= 0.3 is 5.97 Å². The monoisotopic (exact) mass is 416 g/mol. The van der Waals surface area contributed by atoms with Crippen LogP contribution >= 0.6 is 12.6 Å². The van der Waals surface area contributed by atoms with E-state index in [4.69, 9.17) is 4.74 Å². The Kier molecular flexibility index (Phi) is 19.0. The molecule has 5 nitrogen and oxygen atoms in total. The lowest BCUT2D eigenvalue weighted by molar-refractivity contribution is -0.145. The molecule has 166 valence electrons. The topological polar surface area (TPSA) is 58.6 Å². The number of hydrogen-bond donors (Lipinski definition) is 2. The van der Waals surface area contributed by atoms with Gasteiger partial charge in [0.1, 0.15) is 6.04 Å². The normalized spacial score (nSPS) is 12.2. The quantitative estimate of drug-likeness (QED) is 0.184. The molecule has 0 aromatic rings. The van der Waals surface area contributed by atoms with Crippen molar-refractivity contribution in [2.45, 2.75) is 95.9 Å². The van der Waals surface area contributed by atoms with Gasteiger partial charge in [-0.1, -0.05) is 64.2 Å². The van der Waals surface area contributed by atoms with E-state index in [-0.39, 0.29) is 5.91 Å². The number of hydrogen-bond acceptors (Lipinski definition) is 5. The van der Waals surface area contributed by atoms with Crippen molar-refractivity contribution in [3.63, 3.8) is 0 Å². The van der Waals surface area contributed by atoms with Gasteiger partial charge in [-0.3, -0.25) is 4.79 Å². The van der Waals surface area contributed by atoms with E-state index in [0.717, 1.165) is 12.8 Å². The SMILES string of the molecule is COC(=O)C(CCS)NC(=O)CCCCCCCCCCCCCCN(C)C. The summed E-state index contributed by atoms with van der Waals surface area (Å²) in [5.41, 5.74) is 0. The summed E-state index contributed by atoms with van der Waals surface area (Å²) < 4.78 is 4.71. The van der Waals surface area contributed by atoms with Gasteiger partial charge in [0.25, 0.3) is 0 Å². The van der Waals surface area contributed by atoms with E-state index in [2.05, 4.69) is 36.9 Å². The Morgan fingerprint density at radius 3 is 1.75 bits per heavy atom. The van der Waals surface area contributed by atoms with Gasteiger partial charge in [-0.15, -0.1) is 0 Å². The number of esters is 1. The maximum absolute atomic E-state index is 11.9. The van der Waals surface area contributed by atoms with Crippen LogP contribution in [-0.4, -0.2) is 56.3 Å². The van der Waals surface area contributed by atoms with Gasteiger partial charge in [0.15, 0.2) is 0 Å². The molecule has 0 aliphatic heterocycles. The molecule has 1 unspecified atom stereocenters. The molecule has 0 rings (SSSR count). The molecule has 0 saturated heterocycles. The lowest BCUT2D eigenvalue weighted by Gasteiger charge is -2.15. The maximum Gasteiger partial charge on any atom is 0.328 e. The van der Waals surface area contributed by atoms with Crippen molar-refractivity contribution in [3.8, 4) is 0 Å². The van der Waals surface area contributed by atoms with Crippen LogP contribution in [0.1, 0.15) is 89.9 Å². The fraction of sp³-hybridized carbons (Fsp3) is 0.909. The van der Waals surface area contributed by atoms with Crippen molar-refractivity contribution in [1.82, 2.24) is 10.2 Å². The van der Waals surface area contributed by atoms with Crippen molar-refractivity contribution in [1.29, 1.82) is 0 Å². The van der Waals surface area contributed by atoms with Gasteiger partial charge in [-0.2, -0.15) is 12.6 Å². The smallest absolute Gasteiger partial charge is 0.328 e. The molecule has 0 fully saturated rings. The van der Waals surface area contributed by atoms with Crippen LogP contribution in [0.3, 0.4) is 0 Å². The Morgan fingerprint density at radius 1 is 0.857 bits per heavy atom. The summed E-state index contributed by atoms with van der Waals surface area (Å²) in [6.07, 6.45) is 16.2. The van der Waals surface area contributed by atoms with Crippen LogP contribution in [0, 0.1) is 0 Å². The van der Waals surface area contributed by atoms with E-state index in [0.29, 0.717) is 18.6 Å². The molecule has 6 heteroatoms. The predicted octanol–water partition coefficient (Wildman–Crippen LogP) is 4.60. The summed E-state index contributed by atoms with van der Waals surface area (Å²) in [6.45, 7) is 1.21. The third-order valence-electron chi connectivity index (χ3n) is 5.00. The second-order valence-electron chi connectivity index (χ2n) is 7.95. The van der Waals surface area contributed by atoms with Crippen LogP contribution in [0.15, 0.2) is 0 Å². The molecule has 1 amide bonds. The number of rotatable bonds is 19. The summed E-state index contributed by atoms with van der Waals surface area (Å²) in [5, 5.41) is 2.75. The van der Waals surface area contributed by atoms with Crippen LogP contribution in [0.2, 0.25) is 0 Å². The second kappa shape index (κ2) is 19.6. The third kappa shape index (κ3) is 17.4. The zero-order valence-corrected chi connectivity index (χ0v) is 19.4. The first-order chi connectivity index (χ1) is 13.5. The Bertz CT molecular complexity index is 392. The molecule has 0 bridgehead atoms. The molecule has 1 atom stereocenters. The molecule has 0 aromatic heterocycles. The number of nitrogens with zero attached hydrogens (tertiary/aromatic N) is 1. The van der Waals surface area contributed by atoms with E-state index >= 15 is 0 Å². The average molecular weight is 417 g/mol. The van der Waals surface area contributed by atoms with Crippen LogP contribution in [0.4, 0.5) is 0 Å². The van der Waals surface area contributed by atoms with Gasteiger partial charge in [0, 0.05) is 6.42 Å². The van der Waals surface area contributed by atoms with Crippen molar-refractivity contribution in [2.24, 2.45) is 0 Å².